The maximum absolute atomic E-state index is 10.4. The minimum Gasteiger partial charge on any atom is -0.387 e. The zero-order valence-electron chi connectivity index (χ0n) is 16.9. The van der Waals surface area contributed by atoms with Crippen LogP contribution in [0.2, 0.25) is 0 Å². The first-order valence-corrected chi connectivity index (χ1v) is 10.2. The first-order chi connectivity index (χ1) is 15.0. The first kappa shape index (κ1) is 21.6. The van der Waals surface area contributed by atoms with E-state index in [1.165, 1.54) is 0 Å². The molecule has 3 aromatic rings. The third-order valence-electron chi connectivity index (χ3n) is 5.69. The second kappa shape index (κ2) is 9.28. The van der Waals surface area contributed by atoms with E-state index in [1.807, 2.05) is 91.0 Å². The van der Waals surface area contributed by atoms with E-state index >= 15 is 0 Å². The van der Waals surface area contributed by atoms with Crippen LogP contribution in [0, 0.1) is 0 Å². The average Bonchev–Trinajstić information content (AvgIpc) is 2.83. The number of ether oxygens (including phenoxy) is 2. The van der Waals surface area contributed by atoms with Gasteiger partial charge in [-0.05, 0) is 16.7 Å². The molecule has 0 aromatic heterocycles. The van der Waals surface area contributed by atoms with Gasteiger partial charge < -0.3 is 29.9 Å². The SMILES string of the molecule is OC1O[C@H](COC(c2ccccc2)(c2ccccc2)c2ccccc2)[C@@H](O)[C@H](O)[C@@H]1O. The summed E-state index contributed by atoms with van der Waals surface area (Å²) in [5, 5.41) is 40.2. The van der Waals surface area contributed by atoms with Crippen molar-refractivity contribution in [2.45, 2.75) is 36.3 Å². The van der Waals surface area contributed by atoms with Gasteiger partial charge in [-0.25, -0.2) is 0 Å². The van der Waals surface area contributed by atoms with E-state index in [0.29, 0.717) is 0 Å². The molecule has 31 heavy (non-hydrogen) atoms. The molecule has 1 saturated heterocycles. The molecule has 0 amide bonds. The highest BCUT2D eigenvalue weighted by molar-refractivity contribution is 5.47. The van der Waals surface area contributed by atoms with Crippen LogP contribution < -0.4 is 0 Å². The van der Waals surface area contributed by atoms with Crippen molar-refractivity contribution in [3.63, 3.8) is 0 Å². The van der Waals surface area contributed by atoms with Gasteiger partial charge in [-0.2, -0.15) is 0 Å². The van der Waals surface area contributed by atoms with Crippen LogP contribution in [0.4, 0.5) is 0 Å². The van der Waals surface area contributed by atoms with E-state index < -0.39 is 36.3 Å². The van der Waals surface area contributed by atoms with Crippen LogP contribution in [0.3, 0.4) is 0 Å². The van der Waals surface area contributed by atoms with Gasteiger partial charge in [0, 0.05) is 0 Å². The van der Waals surface area contributed by atoms with Crippen LogP contribution in [0.15, 0.2) is 91.0 Å². The predicted octanol–water partition coefficient (Wildman–Crippen LogP) is 1.79. The Balaban J connectivity index is 1.78. The van der Waals surface area contributed by atoms with Crippen molar-refractivity contribution < 1.29 is 29.9 Å². The fourth-order valence-corrected chi connectivity index (χ4v) is 4.04. The lowest BCUT2D eigenvalue weighted by atomic mass is 9.80. The molecule has 5 atom stereocenters. The summed E-state index contributed by atoms with van der Waals surface area (Å²) in [6.45, 7) is -0.138. The summed E-state index contributed by atoms with van der Waals surface area (Å²) in [7, 11) is 0. The molecule has 4 rings (SSSR count). The number of aliphatic hydroxyl groups is 4. The Labute approximate surface area is 180 Å². The summed E-state index contributed by atoms with van der Waals surface area (Å²) >= 11 is 0. The highest BCUT2D eigenvalue weighted by atomic mass is 16.6. The Hall–Kier alpha value is -2.58. The van der Waals surface area contributed by atoms with Crippen molar-refractivity contribution in [3.05, 3.63) is 108 Å². The molecule has 0 saturated carbocycles. The Bertz CT molecular complexity index is 853. The predicted molar refractivity (Wildman–Crippen MR) is 114 cm³/mol. The van der Waals surface area contributed by atoms with Crippen molar-refractivity contribution in [2.75, 3.05) is 6.61 Å². The average molecular weight is 422 g/mol. The van der Waals surface area contributed by atoms with Crippen LogP contribution in [-0.2, 0) is 15.1 Å². The van der Waals surface area contributed by atoms with Crippen LogP contribution in [0.25, 0.3) is 0 Å². The van der Waals surface area contributed by atoms with Crippen molar-refractivity contribution in [1.29, 1.82) is 0 Å². The molecule has 1 fully saturated rings. The van der Waals surface area contributed by atoms with Crippen LogP contribution >= 0.6 is 0 Å². The van der Waals surface area contributed by atoms with Gasteiger partial charge in [-0.3, -0.25) is 0 Å². The zero-order valence-corrected chi connectivity index (χ0v) is 16.9. The molecule has 0 spiro atoms. The Morgan fingerprint density at radius 3 is 1.45 bits per heavy atom. The van der Waals surface area contributed by atoms with Gasteiger partial charge in [0.2, 0.25) is 0 Å². The molecule has 1 unspecified atom stereocenters. The number of hydrogen-bond acceptors (Lipinski definition) is 6. The summed E-state index contributed by atoms with van der Waals surface area (Å²) < 4.78 is 11.9. The van der Waals surface area contributed by atoms with Crippen LogP contribution in [0.1, 0.15) is 16.7 Å². The topological polar surface area (TPSA) is 99.4 Å². The molecule has 1 aliphatic heterocycles. The van der Waals surface area contributed by atoms with Crippen molar-refractivity contribution >= 4 is 0 Å². The second-order valence-electron chi connectivity index (χ2n) is 7.63. The quantitative estimate of drug-likeness (QED) is 0.452. The third kappa shape index (κ3) is 4.14. The number of hydrogen-bond donors (Lipinski definition) is 4. The summed E-state index contributed by atoms with van der Waals surface area (Å²) in [6, 6.07) is 29.1. The molecule has 162 valence electrons. The lowest BCUT2D eigenvalue weighted by Crippen LogP contribution is -2.59. The molecule has 1 aliphatic rings. The zero-order chi connectivity index (χ0) is 21.8. The fourth-order valence-electron chi connectivity index (χ4n) is 4.04. The van der Waals surface area contributed by atoms with Gasteiger partial charge in [-0.15, -0.1) is 0 Å². The van der Waals surface area contributed by atoms with E-state index in [-0.39, 0.29) is 6.61 Å². The smallest absolute Gasteiger partial charge is 0.184 e. The van der Waals surface area contributed by atoms with Crippen molar-refractivity contribution in [3.8, 4) is 0 Å². The van der Waals surface area contributed by atoms with Crippen LogP contribution in [-0.4, -0.2) is 57.7 Å². The highest BCUT2D eigenvalue weighted by Crippen LogP contribution is 2.41. The second-order valence-corrected chi connectivity index (χ2v) is 7.63. The van der Waals surface area contributed by atoms with Gasteiger partial charge in [0.15, 0.2) is 6.29 Å². The maximum atomic E-state index is 10.4. The Kier molecular flexibility index (Phi) is 6.48. The van der Waals surface area contributed by atoms with Gasteiger partial charge in [0.25, 0.3) is 0 Å². The van der Waals surface area contributed by atoms with E-state index in [1.54, 1.807) is 0 Å². The molecular weight excluding hydrogens is 396 g/mol. The summed E-state index contributed by atoms with van der Waals surface area (Å²) in [5.41, 5.74) is 1.59. The Morgan fingerprint density at radius 2 is 1.03 bits per heavy atom. The van der Waals surface area contributed by atoms with Crippen LogP contribution in [0.5, 0.6) is 0 Å². The molecule has 0 radical (unpaired) electrons. The van der Waals surface area contributed by atoms with E-state index in [2.05, 4.69) is 0 Å². The minimum atomic E-state index is -1.62. The molecule has 6 nitrogen and oxygen atoms in total. The summed E-state index contributed by atoms with van der Waals surface area (Å²) in [4.78, 5) is 0. The maximum Gasteiger partial charge on any atom is 0.184 e. The van der Waals surface area contributed by atoms with E-state index in [9.17, 15) is 20.4 Å². The fraction of sp³-hybridized carbons (Fsp3) is 0.280. The molecule has 0 aliphatic carbocycles. The van der Waals surface area contributed by atoms with E-state index in [4.69, 9.17) is 9.47 Å². The summed E-state index contributed by atoms with van der Waals surface area (Å²) in [6.07, 6.45) is -7.21. The molecule has 3 aromatic carbocycles. The lowest BCUT2D eigenvalue weighted by Gasteiger charge is -2.41. The number of rotatable bonds is 6. The minimum absolute atomic E-state index is 0.138. The van der Waals surface area contributed by atoms with Gasteiger partial charge in [-0.1, -0.05) is 91.0 Å². The Morgan fingerprint density at radius 1 is 0.613 bits per heavy atom. The molecule has 6 heteroatoms. The first-order valence-electron chi connectivity index (χ1n) is 10.2. The molecule has 4 N–H and O–H groups in total. The van der Waals surface area contributed by atoms with Gasteiger partial charge >= 0.3 is 0 Å². The lowest BCUT2D eigenvalue weighted by molar-refractivity contribution is -0.291. The molecule has 0 bridgehead atoms. The van der Waals surface area contributed by atoms with E-state index in [0.717, 1.165) is 16.7 Å². The standard InChI is InChI=1S/C25H26O6/c26-21-20(31-24(29)23(28)22(21)27)16-30-25(17-10-4-1-5-11-17,18-12-6-2-7-13-18)19-14-8-3-9-15-19/h1-15,20-24,26-29H,16H2/t20-,21-,22+,23+,24?/m1/s1. The normalized spacial score (nSPS) is 26.5. The molecule has 1 heterocycles. The highest BCUT2D eigenvalue weighted by Gasteiger charge is 2.45. The number of benzene rings is 3. The van der Waals surface area contributed by atoms with Gasteiger partial charge in [0.1, 0.15) is 30.0 Å². The third-order valence-corrected chi connectivity index (χ3v) is 5.69. The van der Waals surface area contributed by atoms with Crippen molar-refractivity contribution in [2.24, 2.45) is 0 Å². The summed E-state index contributed by atoms with van der Waals surface area (Å²) in [5.74, 6) is 0. The number of aliphatic hydroxyl groups excluding tert-OH is 4. The van der Waals surface area contributed by atoms with Gasteiger partial charge in [0.05, 0.1) is 6.61 Å². The molecular formula is C25H26O6. The van der Waals surface area contributed by atoms with Crippen molar-refractivity contribution in [1.82, 2.24) is 0 Å². The monoisotopic (exact) mass is 422 g/mol. The largest absolute Gasteiger partial charge is 0.387 e.